The van der Waals surface area contributed by atoms with Crippen LogP contribution in [0.3, 0.4) is 0 Å². The van der Waals surface area contributed by atoms with Gasteiger partial charge in [-0.05, 0) is 56.1 Å². The maximum absolute atomic E-state index is 6.39. The lowest BCUT2D eigenvalue weighted by Gasteiger charge is -2.26. The van der Waals surface area contributed by atoms with Crippen LogP contribution in [0.1, 0.15) is 30.4 Å². The van der Waals surface area contributed by atoms with Gasteiger partial charge >= 0.3 is 0 Å². The van der Waals surface area contributed by atoms with Crippen LogP contribution >= 0.6 is 11.6 Å². The fourth-order valence-electron chi connectivity index (χ4n) is 3.51. The van der Waals surface area contributed by atoms with E-state index in [2.05, 4.69) is 21.9 Å². The van der Waals surface area contributed by atoms with Gasteiger partial charge in [0.15, 0.2) is 0 Å². The Hall–Kier alpha value is -0.610. The van der Waals surface area contributed by atoms with Crippen molar-refractivity contribution in [2.75, 3.05) is 26.2 Å². The first-order valence-corrected chi connectivity index (χ1v) is 8.08. The number of hydrogen-bond acceptors (Lipinski definition) is 3. The van der Waals surface area contributed by atoms with E-state index in [1.165, 1.54) is 51.0 Å². The van der Waals surface area contributed by atoms with Crippen molar-refractivity contribution < 1.29 is 0 Å². The Kier molecular flexibility index (Phi) is 4.61. The molecule has 1 atom stereocenters. The third kappa shape index (κ3) is 3.17. The Bertz CT molecular complexity index is 463. The SMILES string of the molecule is NCc1ccc(CN2CCCN3CCCC3C2)c(Cl)c1. The number of halogens is 1. The fourth-order valence-corrected chi connectivity index (χ4v) is 3.78. The van der Waals surface area contributed by atoms with Crippen LogP contribution in [0.5, 0.6) is 0 Å². The molecule has 0 radical (unpaired) electrons. The summed E-state index contributed by atoms with van der Waals surface area (Å²) in [5, 5.41) is 0.862. The molecular formula is C16H24ClN3. The molecule has 20 heavy (non-hydrogen) atoms. The largest absolute Gasteiger partial charge is 0.326 e. The molecule has 110 valence electrons. The highest BCUT2D eigenvalue weighted by atomic mass is 35.5. The smallest absolute Gasteiger partial charge is 0.0454 e. The van der Waals surface area contributed by atoms with E-state index in [9.17, 15) is 0 Å². The average molecular weight is 294 g/mol. The van der Waals surface area contributed by atoms with E-state index < -0.39 is 0 Å². The molecule has 0 spiro atoms. The Labute approximate surface area is 126 Å². The van der Waals surface area contributed by atoms with Gasteiger partial charge < -0.3 is 5.73 Å². The minimum Gasteiger partial charge on any atom is -0.326 e. The summed E-state index contributed by atoms with van der Waals surface area (Å²) in [6, 6.07) is 7.01. The molecule has 3 rings (SSSR count). The quantitative estimate of drug-likeness (QED) is 0.929. The second-order valence-electron chi connectivity index (χ2n) is 6.05. The minimum absolute atomic E-state index is 0.556. The van der Waals surface area contributed by atoms with E-state index in [1.54, 1.807) is 0 Å². The van der Waals surface area contributed by atoms with Crippen LogP contribution in [0.25, 0.3) is 0 Å². The molecule has 2 aliphatic rings. The maximum atomic E-state index is 6.39. The Morgan fingerprint density at radius 3 is 2.85 bits per heavy atom. The van der Waals surface area contributed by atoms with Gasteiger partial charge in [-0.1, -0.05) is 23.7 Å². The number of nitrogens with two attached hydrogens (primary N) is 1. The lowest BCUT2D eigenvalue weighted by atomic mass is 10.1. The highest BCUT2D eigenvalue weighted by Crippen LogP contribution is 2.24. The summed E-state index contributed by atoms with van der Waals surface area (Å²) in [7, 11) is 0. The molecule has 0 aliphatic carbocycles. The Morgan fingerprint density at radius 2 is 2.05 bits per heavy atom. The molecule has 2 heterocycles. The molecule has 1 aromatic rings. The van der Waals surface area contributed by atoms with Gasteiger partial charge in [0.2, 0.25) is 0 Å². The van der Waals surface area contributed by atoms with E-state index in [0.717, 1.165) is 23.2 Å². The molecule has 2 fully saturated rings. The average Bonchev–Trinajstić information content (AvgIpc) is 2.80. The van der Waals surface area contributed by atoms with Gasteiger partial charge in [-0.15, -0.1) is 0 Å². The van der Waals surface area contributed by atoms with Gasteiger partial charge in [0.1, 0.15) is 0 Å². The van der Waals surface area contributed by atoms with Crippen LogP contribution in [-0.4, -0.2) is 42.0 Å². The second-order valence-corrected chi connectivity index (χ2v) is 6.46. The molecule has 0 bridgehead atoms. The summed E-state index contributed by atoms with van der Waals surface area (Å²) < 4.78 is 0. The first kappa shape index (κ1) is 14.3. The third-order valence-corrected chi connectivity index (χ3v) is 4.99. The predicted molar refractivity (Wildman–Crippen MR) is 83.8 cm³/mol. The zero-order chi connectivity index (χ0) is 13.9. The number of benzene rings is 1. The second kappa shape index (κ2) is 6.44. The first-order valence-electron chi connectivity index (χ1n) is 7.70. The zero-order valence-electron chi connectivity index (χ0n) is 12.0. The van der Waals surface area contributed by atoms with Gasteiger partial charge in [-0.3, -0.25) is 9.80 Å². The van der Waals surface area contributed by atoms with Crippen LogP contribution in [0, 0.1) is 0 Å². The van der Waals surface area contributed by atoms with E-state index in [-0.39, 0.29) is 0 Å². The minimum atomic E-state index is 0.556. The van der Waals surface area contributed by atoms with Crippen LogP contribution < -0.4 is 5.73 Å². The maximum Gasteiger partial charge on any atom is 0.0454 e. The number of rotatable bonds is 3. The van der Waals surface area contributed by atoms with E-state index in [4.69, 9.17) is 17.3 Å². The zero-order valence-corrected chi connectivity index (χ0v) is 12.8. The van der Waals surface area contributed by atoms with Gasteiger partial charge in [0.05, 0.1) is 0 Å². The Balaban J connectivity index is 1.67. The predicted octanol–water partition coefficient (Wildman–Crippen LogP) is 2.47. The number of nitrogens with zero attached hydrogens (tertiary/aromatic N) is 2. The highest BCUT2D eigenvalue weighted by Gasteiger charge is 2.28. The lowest BCUT2D eigenvalue weighted by molar-refractivity contribution is 0.215. The summed E-state index contributed by atoms with van der Waals surface area (Å²) in [4.78, 5) is 5.23. The van der Waals surface area contributed by atoms with Crippen molar-refractivity contribution >= 4 is 11.6 Å². The summed E-state index contributed by atoms with van der Waals surface area (Å²) in [6.45, 7) is 6.46. The molecule has 4 heteroatoms. The van der Waals surface area contributed by atoms with Crippen LogP contribution in [0.4, 0.5) is 0 Å². The topological polar surface area (TPSA) is 32.5 Å². The van der Waals surface area contributed by atoms with Crippen LogP contribution in [0.15, 0.2) is 18.2 Å². The van der Waals surface area contributed by atoms with E-state index in [1.807, 2.05) is 6.07 Å². The fraction of sp³-hybridized carbons (Fsp3) is 0.625. The molecule has 2 aliphatic heterocycles. The first-order chi connectivity index (χ1) is 9.76. The molecule has 0 aromatic heterocycles. The molecule has 0 saturated carbocycles. The molecule has 3 nitrogen and oxygen atoms in total. The van der Waals surface area contributed by atoms with E-state index in [0.29, 0.717) is 6.54 Å². The third-order valence-electron chi connectivity index (χ3n) is 4.63. The summed E-state index contributed by atoms with van der Waals surface area (Å²) in [5.41, 5.74) is 8.00. The molecule has 2 N–H and O–H groups in total. The van der Waals surface area contributed by atoms with Gasteiger partial charge in [0.25, 0.3) is 0 Å². The van der Waals surface area contributed by atoms with Gasteiger partial charge in [-0.2, -0.15) is 0 Å². The number of fused-ring (bicyclic) bond motifs is 1. The summed E-state index contributed by atoms with van der Waals surface area (Å²) in [5.74, 6) is 0. The van der Waals surface area contributed by atoms with Crippen molar-refractivity contribution in [3.8, 4) is 0 Å². The van der Waals surface area contributed by atoms with E-state index >= 15 is 0 Å². The van der Waals surface area contributed by atoms with Gasteiger partial charge in [-0.25, -0.2) is 0 Å². The van der Waals surface area contributed by atoms with Crippen molar-refractivity contribution in [1.82, 2.24) is 9.80 Å². The molecule has 0 amide bonds. The van der Waals surface area contributed by atoms with Crippen LogP contribution in [0.2, 0.25) is 5.02 Å². The van der Waals surface area contributed by atoms with Crippen molar-refractivity contribution in [3.05, 3.63) is 34.3 Å². The summed E-state index contributed by atoms with van der Waals surface area (Å²) >= 11 is 6.39. The molecule has 1 unspecified atom stereocenters. The number of hydrogen-bond donors (Lipinski definition) is 1. The monoisotopic (exact) mass is 293 g/mol. The molecule has 2 saturated heterocycles. The summed E-state index contributed by atoms with van der Waals surface area (Å²) in [6.07, 6.45) is 4.00. The van der Waals surface area contributed by atoms with Crippen molar-refractivity contribution in [2.45, 2.75) is 38.4 Å². The lowest BCUT2D eigenvalue weighted by Crippen LogP contribution is -2.36. The van der Waals surface area contributed by atoms with Crippen molar-refractivity contribution in [1.29, 1.82) is 0 Å². The standard InChI is InChI=1S/C16H24ClN3/c17-16-9-13(10-18)4-5-14(16)11-19-6-2-8-20-7-1-3-15(20)12-19/h4-5,9,15H,1-3,6-8,10-12,18H2. The molecule has 1 aromatic carbocycles. The highest BCUT2D eigenvalue weighted by molar-refractivity contribution is 6.31. The normalized spacial score (nSPS) is 24.6. The Morgan fingerprint density at radius 1 is 1.20 bits per heavy atom. The van der Waals surface area contributed by atoms with Crippen molar-refractivity contribution in [3.63, 3.8) is 0 Å². The van der Waals surface area contributed by atoms with Gasteiger partial charge in [0, 0.05) is 30.7 Å². The van der Waals surface area contributed by atoms with Crippen molar-refractivity contribution in [2.24, 2.45) is 5.73 Å². The van der Waals surface area contributed by atoms with Crippen LogP contribution in [-0.2, 0) is 13.1 Å². The molecular weight excluding hydrogens is 270 g/mol.